The first-order valence-electron chi connectivity index (χ1n) is 13.2. The number of nitrogens with zero attached hydrogens (tertiary/aromatic N) is 6. The topological polar surface area (TPSA) is 141 Å². The third-order valence-electron chi connectivity index (χ3n) is 6.72. The van der Waals surface area contributed by atoms with Crippen molar-refractivity contribution in [2.45, 2.75) is 58.7 Å². The number of pyridine rings is 1. The zero-order chi connectivity index (χ0) is 26.9. The lowest BCUT2D eigenvalue weighted by Gasteiger charge is -2.28. The number of benzene rings is 1. The van der Waals surface area contributed by atoms with E-state index in [2.05, 4.69) is 56.1 Å². The van der Waals surface area contributed by atoms with Crippen LogP contribution in [-0.4, -0.2) is 55.0 Å². The average molecular weight is 519 g/mol. The predicted molar refractivity (Wildman–Crippen MR) is 150 cm³/mol. The second-order valence-electron chi connectivity index (χ2n) is 9.54. The number of aliphatic hydroxyl groups is 1. The van der Waals surface area contributed by atoms with Crippen LogP contribution in [0.25, 0.3) is 11.0 Å². The van der Waals surface area contributed by atoms with Crippen LogP contribution < -0.4 is 16.2 Å². The van der Waals surface area contributed by atoms with E-state index in [1.165, 1.54) is 36.0 Å². The van der Waals surface area contributed by atoms with Gasteiger partial charge in [0, 0.05) is 44.2 Å². The molecule has 0 fully saturated rings. The maximum absolute atomic E-state index is 8.29. The van der Waals surface area contributed by atoms with E-state index in [-0.39, 0.29) is 5.95 Å². The summed E-state index contributed by atoms with van der Waals surface area (Å²) in [6, 6.07) is 8.44. The molecule has 0 unspecified atom stereocenters. The first kappa shape index (κ1) is 27.3. The highest BCUT2D eigenvalue weighted by atomic mass is 16.5. The summed E-state index contributed by atoms with van der Waals surface area (Å²) < 4.78 is 7.47. The van der Waals surface area contributed by atoms with Crippen LogP contribution in [0.3, 0.4) is 0 Å². The van der Waals surface area contributed by atoms with Gasteiger partial charge in [-0.3, -0.25) is 14.6 Å². The fourth-order valence-electron chi connectivity index (χ4n) is 4.71. The number of ether oxygens (including phenoxy) is 1. The second kappa shape index (κ2) is 13.2. The van der Waals surface area contributed by atoms with Gasteiger partial charge in [0.1, 0.15) is 16.8 Å². The fourth-order valence-corrected chi connectivity index (χ4v) is 4.71. The Hall–Kier alpha value is -3.76. The summed E-state index contributed by atoms with van der Waals surface area (Å²) in [6.07, 6.45) is 11.2. The molecule has 0 radical (unpaired) electrons. The molecule has 0 aliphatic carbocycles. The van der Waals surface area contributed by atoms with Gasteiger partial charge in [0.2, 0.25) is 5.95 Å². The summed E-state index contributed by atoms with van der Waals surface area (Å²) in [5.41, 5.74) is 18.0. The summed E-state index contributed by atoms with van der Waals surface area (Å²) >= 11 is 0. The molecule has 0 saturated carbocycles. The van der Waals surface area contributed by atoms with Crippen molar-refractivity contribution in [3.63, 3.8) is 0 Å². The molecule has 5 rings (SSSR count). The van der Waals surface area contributed by atoms with Crippen LogP contribution in [-0.2, 0) is 26.1 Å². The summed E-state index contributed by atoms with van der Waals surface area (Å²) in [7, 11) is 1.69. The van der Waals surface area contributed by atoms with Gasteiger partial charge in [-0.05, 0) is 41.7 Å². The number of nitrogen functional groups attached to an aromatic ring is 2. The quantitative estimate of drug-likeness (QED) is 0.284. The zero-order valence-electron chi connectivity index (χ0n) is 22.3. The van der Waals surface area contributed by atoms with Crippen molar-refractivity contribution in [2.75, 3.05) is 31.7 Å². The molecule has 10 heteroatoms. The number of hydrogen-bond donors (Lipinski definition) is 3. The third kappa shape index (κ3) is 6.76. The van der Waals surface area contributed by atoms with Gasteiger partial charge < -0.3 is 21.3 Å². The first-order valence-corrected chi connectivity index (χ1v) is 13.2. The zero-order valence-corrected chi connectivity index (χ0v) is 22.3. The minimum absolute atomic E-state index is 0.142. The first-order chi connectivity index (χ1) is 18.5. The Kier molecular flexibility index (Phi) is 9.45. The van der Waals surface area contributed by atoms with Crippen LogP contribution in [0, 0.1) is 0 Å². The van der Waals surface area contributed by atoms with Crippen LogP contribution in [0.15, 0.2) is 42.9 Å². The van der Waals surface area contributed by atoms with E-state index in [0.29, 0.717) is 30.0 Å². The molecule has 1 aliphatic rings. The van der Waals surface area contributed by atoms with E-state index in [1.54, 1.807) is 18.0 Å². The molecular formula is C28H38N8O2. The standard InChI is InChI=1S/C22H24N8O.C6H14O/c1-31-19-8-14(11-29-7-5-15-9-25-6-4-16(15)12-29)2-3-17(19)13-30-20-18(10-26-30)27-22(24)28-21(20)23;1-2-3-4-5-6-7/h2-4,6,8-10H,5,7,11-13H2,1H3,(H4,23,24,27,28);7H,2-6H2,1H3. The van der Waals surface area contributed by atoms with Crippen molar-refractivity contribution in [3.8, 4) is 5.75 Å². The van der Waals surface area contributed by atoms with E-state index < -0.39 is 0 Å². The highest BCUT2D eigenvalue weighted by Gasteiger charge is 2.17. The number of rotatable bonds is 9. The molecule has 4 heterocycles. The Balaban J connectivity index is 0.000000426. The Morgan fingerprint density at radius 3 is 2.68 bits per heavy atom. The van der Waals surface area contributed by atoms with Crippen molar-refractivity contribution in [3.05, 3.63) is 65.1 Å². The minimum atomic E-state index is 0.142. The van der Waals surface area contributed by atoms with Crippen LogP contribution >= 0.6 is 0 Å². The Bertz CT molecular complexity index is 1340. The molecular weight excluding hydrogens is 480 g/mol. The highest BCUT2D eigenvalue weighted by Crippen LogP contribution is 2.26. The molecule has 0 saturated heterocycles. The van der Waals surface area contributed by atoms with Gasteiger partial charge in [0.25, 0.3) is 0 Å². The van der Waals surface area contributed by atoms with Gasteiger partial charge in [-0.25, -0.2) is 4.98 Å². The van der Waals surface area contributed by atoms with E-state index >= 15 is 0 Å². The maximum atomic E-state index is 8.29. The number of anilines is 2. The smallest absolute Gasteiger partial charge is 0.222 e. The van der Waals surface area contributed by atoms with Crippen molar-refractivity contribution in [1.82, 2.24) is 29.6 Å². The van der Waals surface area contributed by atoms with Gasteiger partial charge in [0.15, 0.2) is 5.82 Å². The molecule has 10 nitrogen and oxygen atoms in total. The van der Waals surface area contributed by atoms with E-state index in [1.807, 2.05) is 12.4 Å². The summed E-state index contributed by atoms with van der Waals surface area (Å²) in [6.45, 7) is 5.84. The van der Waals surface area contributed by atoms with Gasteiger partial charge in [-0.1, -0.05) is 38.3 Å². The van der Waals surface area contributed by atoms with Crippen LogP contribution in [0.4, 0.5) is 11.8 Å². The van der Waals surface area contributed by atoms with E-state index in [9.17, 15) is 0 Å². The fraction of sp³-hybridized carbons (Fsp3) is 0.429. The number of fused-ring (bicyclic) bond motifs is 2. The van der Waals surface area contributed by atoms with Gasteiger partial charge >= 0.3 is 0 Å². The SMILES string of the molecule is CCCCCCO.COc1cc(CN2CCc3cnccc3C2)ccc1Cn1ncc2nc(N)nc(N)c21. The summed E-state index contributed by atoms with van der Waals surface area (Å²) in [5, 5.41) is 12.7. The molecule has 38 heavy (non-hydrogen) atoms. The molecule has 0 amide bonds. The molecule has 3 aromatic heterocycles. The molecule has 0 spiro atoms. The van der Waals surface area contributed by atoms with E-state index in [0.717, 1.165) is 43.8 Å². The maximum Gasteiger partial charge on any atom is 0.222 e. The number of unbranched alkanes of at least 4 members (excludes halogenated alkanes) is 3. The summed E-state index contributed by atoms with van der Waals surface area (Å²) in [4.78, 5) is 14.9. The number of aromatic nitrogens is 5. The van der Waals surface area contributed by atoms with Crippen LogP contribution in [0.1, 0.15) is 54.9 Å². The lowest BCUT2D eigenvalue weighted by atomic mass is 10.0. The van der Waals surface area contributed by atoms with Gasteiger partial charge in [-0.2, -0.15) is 10.1 Å². The molecule has 202 valence electrons. The number of methoxy groups -OCH3 is 1. The Morgan fingerprint density at radius 2 is 1.89 bits per heavy atom. The van der Waals surface area contributed by atoms with Crippen molar-refractivity contribution in [2.24, 2.45) is 0 Å². The highest BCUT2D eigenvalue weighted by molar-refractivity contribution is 5.85. The molecule has 4 aromatic rings. The lowest BCUT2D eigenvalue weighted by Crippen LogP contribution is -2.30. The second-order valence-corrected chi connectivity index (χ2v) is 9.54. The van der Waals surface area contributed by atoms with Crippen molar-refractivity contribution >= 4 is 22.8 Å². The molecule has 0 bridgehead atoms. The Morgan fingerprint density at radius 1 is 1.03 bits per heavy atom. The monoisotopic (exact) mass is 518 g/mol. The minimum Gasteiger partial charge on any atom is -0.496 e. The Labute approximate surface area is 223 Å². The largest absolute Gasteiger partial charge is 0.496 e. The van der Waals surface area contributed by atoms with Crippen molar-refractivity contribution in [1.29, 1.82) is 0 Å². The van der Waals surface area contributed by atoms with Crippen molar-refractivity contribution < 1.29 is 9.84 Å². The number of aliphatic hydroxyl groups excluding tert-OH is 1. The normalized spacial score (nSPS) is 13.1. The molecule has 0 atom stereocenters. The molecule has 1 aliphatic heterocycles. The third-order valence-corrected chi connectivity index (χ3v) is 6.72. The number of nitrogens with two attached hydrogens (primary N) is 2. The molecule has 5 N–H and O–H groups in total. The predicted octanol–water partition coefficient (Wildman–Crippen LogP) is 3.56. The van der Waals surface area contributed by atoms with Crippen LogP contribution in [0.5, 0.6) is 5.75 Å². The summed E-state index contributed by atoms with van der Waals surface area (Å²) in [5.74, 6) is 1.27. The number of hydrogen-bond acceptors (Lipinski definition) is 9. The average Bonchev–Trinajstić information content (AvgIpc) is 3.32. The lowest BCUT2D eigenvalue weighted by molar-refractivity contribution is 0.245. The van der Waals surface area contributed by atoms with Crippen LogP contribution in [0.2, 0.25) is 0 Å². The van der Waals surface area contributed by atoms with Gasteiger partial charge in [-0.15, -0.1) is 0 Å². The van der Waals surface area contributed by atoms with E-state index in [4.69, 9.17) is 21.3 Å². The molecule has 1 aromatic carbocycles. The van der Waals surface area contributed by atoms with Gasteiger partial charge in [0.05, 0.1) is 19.9 Å².